The molecule has 22 heavy (non-hydrogen) atoms. The van der Waals surface area contributed by atoms with E-state index in [1.807, 2.05) is 19.0 Å². The van der Waals surface area contributed by atoms with Crippen molar-refractivity contribution in [2.45, 2.75) is 38.1 Å². The summed E-state index contributed by atoms with van der Waals surface area (Å²) in [5, 5.41) is 0. The third kappa shape index (κ3) is 2.74. The van der Waals surface area contributed by atoms with Crippen LogP contribution in [0.1, 0.15) is 42.9 Å². The van der Waals surface area contributed by atoms with Crippen LogP contribution in [0.15, 0.2) is 24.3 Å². The molecule has 0 radical (unpaired) electrons. The summed E-state index contributed by atoms with van der Waals surface area (Å²) in [4.78, 5) is 28.3. The molecule has 0 aromatic heterocycles. The summed E-state index contributed by atoms with van der Waals surface area (Å²) in [6.45, 7) is 0.685. The average molecular weight is 300 g/mol. The maximum Gasteiger partial charge on any atom is 0.226 e. The number of amides is 2. The van der Waals surface area contributed by atoms with Crippen LogP contribution in [-0.4, -0.2) is 42.3 Å². The Morgan fingerprint density at radius 1 is 1.27 bits per heavy atom. The maximum atomic E-state index is 12.8. The zero-order chi connectivity index (χ0) is 15.7. The fourth-order valence-electron chi connectivity index (χ4n) is 3.73. The van der Waals surface area contributed by atoms with E-state index in [-0.39, 0.29) is 23.8 Å². The minimum atomic E-state index is -0.150. The maximum absolute atomic E-state index is 12.8. The van der Waals surface area contributed by atoms with Crippen molar-refractivity contribution in [2.75, 3.05) is 20.6 Å². The molecule has 2 aliphatic rings. The van der Waals surface area contributed by atoms with Crippen LogP contribution in [0.5, 0.6) is 0 Å². The number of hydrogen-bond donors (Lipinski definition) is 0. The smallest absolute Gasteiger partial charge is 0.226 e. The molecule has 1 fully saturated rings. The highest BCUT2D eigenvalue weighted by molar-refractivity contribution is 5.87. The molecule has 4 nitrogen and oxygen atoms in total. The molecule has 1 aliphatic heterocycles. The Labute approximate surface area is 132 Å². The molecular formula is C18H24N2O2. The van der Waals surface area contributed by atoms with E-state index in [1.54, 1.807) is 4.90 Å². The second-order valence-corrected chi connectivity index (χ2v) is 6.56. The highest BCUT2D eigenvalue weighted by Crippen LogP contribution is 2.35. The number of piperidine rings is 1. The van der Waals surface area contributed by atoms with Crippen molar-refractivity contribution < 1.29 is 9.59 Å². The summed E-state index contributed by atoms with van der Waals surface area (Å²) in [6, 6.07) is 8.58. The fraction of sp³-hybridized carbons (Fsp3) is 0.556. The molecule has 2 amide bonds. The van der Waals surface area contributed by atoms with E-state index in [0.29, 0.717) is 13.0 Å². The van der Waals surface area contributed by atoms with Gasteiger partial charge in [0.25, 0.3) is 0 Å². The molecule has 1 saturated heterocycles. The van der Waals surface area contributed by atoms with Crippen molar-refractivity contribution in [1.82, 2.24) is 9.80 Å². The third-order valence-electron chi connectivity index (χ3n) is 5.16. The minimum absolute atomic E-state index is 0.0852. The lowest BCUT2D eigenvalue weighted by Crippen LogP contribution is -2.44. The second kappa shape index (κ2) is 6.11. The fourth-order valence-corrected chi connectivity index (χ4v) is 3.73. The van der Waals surface area contributed by atoms with E-state index in [2.05, 4.69) is 24.3 Å². The molecule has 1 aromatic carbocycles. The molecule has 1 aliphatic carbocycles. The van der Waals surface area contributed by atoms with Crippen LogP contribution in [0.4, 0.5) is 0 Å². The van der Waals surface area contributed by atoms with Gasteiger partial charge in [0.15, 0.2) is 0 Å². The number of carbonyl (C=O) groups is 2. The molecular weight excluding hydrogens is 276 g/mol. The molecule has 3 rings (SSSR count). The lowest BCUT2D eigenvalue weighted by molar-refractivity contribution is -0.145. The number of carbonyl (C=O) groups excluding carboxylic acids is 2. The van der Waals surface area contributed by atoms with Crippen molar-refractivity contribution in [3.63, 3.8) is 0 Å². The van der Waals surface area contributed by atoms with Crippen molar-refractivity contribution in [3.8, 4) is 0 Å². The molecule has 0 bridgehead atoms. The zero-order valence-electron chi connectivity index (χ0n) is 13.4. The van der Waals surface area contributed by atoms with Crippen LogP contribution in [-0.2, 0) is 16.0 Å². The normalized spacial score (nSPS) is 24.8. The van der Waals surface area contributed by atoms with Gasteiger partial charge < -0.3 is 9.80 Å². The van der Waals surface area contributed by atoms with Crippen molar-refractivity contribution >= 4 is 11.8 Å². The number of fused-ring (bicyclic) bond motifs is 1. The monoisotopic (exact) mass is 300 g/mol. The summed E-state index contributed by atoms with van der Waals surface area (Å²) >= 11 is 0. The topological polar surface area (TPSA) is 40.6 Å². The minimum Gasteiger partial charge on any atom is -0.346 e. The standard InChI is InChI=1S/C18H24N2O2/c1-19-11-10-14(12-17(19)21)18(22)20(2)16-9-5-7-13-6-3-4-8-15(13)16/h3-4,6,8,14,16H,5,7,9-12H2,1-2H3/t14-,16-/m0/s1. The van der Waals surface area contributed by atoms with Gasteiger partial charge in [0.2, 0.25) is 11.8 Å². The van der Waals surface area contributed by atoms with Crippen LogP contribution < -0.4 is 0 Å². The third-order valence-corrected chi connectivity index (χ3v) is 5.16. The van der Waals surface area contributed by atoms with Gasteiger partial charge >= 0.3 is 0 Å². The number of likely N-dealkylation sites (tertiary alicyclic amines) is 1. The van der Waals surface area contributed by atoms with E-state index in [1.165, 1.54) is 11.1 Å². The van der Waals surface area contributed by atoms with E-state index in [9.17, 15) is 9.59 Å². The van der Waals surface area contributed by atoms with Crippen LogP contribution >= 0.6 is 0 Å². The average Bonchev–Trinajstić information content (AvgIpc) is 2.55. The van der Waals surface area contributed by atoms with Crippen molar-refractivity contribution in [3.05, 3.63) is 35.4 Å². The second-order valence-electron chi connectivity index (χ2n) is 6.56. The molecule has 2 atom stereocenters. The van der Waals surface area contributed by atoms with Crippen molar-refractivity contribution in [1.29, 1.82) is 0 Å². The first kappa shape index (κ1) is 15.1. The van der Waals surface area contributed by atoms with Crippen LogP contribution in [0, 0.1) is 5.92 Å². The van der Waals surface area contributed by atoms with E-state index in [4.69, 9.17) is 0 Å². The van der Waals surface area contributed by atoms with Crippen LogP contribution in [0.3, 0.4) is 0 Å². The Bertz CT molecular complexity index is 584. The van der Waals surface area contributed by atoms with Gasteiger partial charge in [0.05, 0.1) is 6.04 Å². The summed E-state index contributed by atoms with van der Waals surface area (Å²) in [5.74, 6) is 0.0630. The molecule has 0 saturated carbocycles. The van der Waals surface area contributed by atoms with E-state index in [0.717, 1.165) is 25.7 Å². The summed E-state index contributed by atoms with van der Waals surface area (Å²) in [6.07, 6.45) is 4.36. The molecule has 0 unspecified atom stereocenters. The van der Waals surface area contributed by atoms with Gasteiger partial charge in [-0.3, -0.25) is 9.59 Å². The van der Waals surface area contributed by atoms with Gasteiger partial charge in [-0.05, 0) is 36.8 Å². The number of nitrogens with zero attached hydrogens (tertiary/aromatic N) is 2. The van der Waals surface area contributed by atoms with Crippen molar-refractivity contribution in [2.24, 2.45) is 5.92 Å². The van der Waals surface area contributed by atoms with Gasteiger partial charge in [0, 0.05) is 33.0 Å². The predicted molar refractivity (Wildman–Crippen MR) is 85.3 cm³/mol. The zero-order valence-corrected chi connectivity index (χ0v) is 13.4. The van der Waals surface area contributed by atoms with Gasteiger partial charge in [-0.1, -0.05) is 24.3 Å². The Balaban J connectivity index is 1.76. The summed E-state index contributed by atoms with van der Waals surface area (Å²) in [5.41, 5.74) is 2.64. The Morgan fingerprint density at radius 2 is 2.05 bits per heavy atom. The van der Waals surface area contributed by atoms with E-state index < -0.39 is 0 Å². The number of benzene rings is 1. The largest absolute Gasteiger partial charge is 0.346 e. The van der Waals surface area contributed by atoms with Gasteiger partial charge in [-0.25, -0.2) is 0 Å². The Hall–Kier alpha value is -1.84. The number of hydrogen-bond acceptors (Lipinski definition) is 2. The lowest BCUT2D eigenvalue weighted by Gasteiger charge is -2.37. The summed E-state index contributed by atoms with van der Waals surface area (Å²) in [7, 11) is 3.71. The SMILES string of the molecule is CN1CC[C@H](C(=O)N(C)[C@H]2CCCc3ccccc32)CC1=O. The Morgan fingerprint density at radius 3 is 2.82 bits per heavy atom. The van der Waals surface area contributed by atoms with Gasteiger partial charge in [-0.2, -0.15) is 0 Å². The van der Waals surface area contributed by atoms with Crippen LogP contribution in [0.25, 0.3) is 0 Å². The highest BCUT2D eigenvalue weighted by Gasteiger charge is 2.34. The van der Waals surface area contributed by atoms with Gasteiger partial charge in [0.1, 0.15) is 0 Å². The highest BCUT2D eigenvalue weighted by atomic mass is 16.2. The first-order valence-corrected chi connectivity index (χ1v) is 8.16. The number of aryl methyl sites for hydroxylation is 1. The first-order chi connectivity index (χ1) is 10.6. The summed E-state index contributed by atoms with van der Waals surface area (Å²) < 4.78 is 0. The quantitative estimate of drug-likeness (QED) is 0.841. The molecule has 0 N–H and O–H groups in total. The molecule has 118 valence electrons. The first-order valence-electron chi connectivity index (χ1n) is 8.16. The number of rotatable bonds is 2. The lowest BCUT2D eigenvalue weighted by atomic mass is 9.86. The molecule has 0 spiro atoms. The molecule has 1 aromatic rings. The van der Waals surface area contributed by atoms with Crippen LogP contribution in [0.2, 0.25) is 0 Å². The van der Waals surface area contributed by atoms with Gasteiger partial charge in [-0.15, -0.1) is 0 Å². The predicted octanol–water partition coefficient (Wildman–Crippen LogP) is 2.39. The van der Waals surface area contributed by atoms with E-state index >= 15 is 0 Å². The molecule has 1 heterocycles. The molecule has 4 heteroatoms. The Kier molecular flexibility index (Phi) is 4.19.